The second-order valence-electron chi connectivity index (χ2n) is 7.81. The van der Waals surface area contributed by atoms with Crippen molar-refractivity contribution in [1.29, 1.82) is 0 Å². The van der Waals surface area contributed by atoms with Crippen molar-refractivity contribution in [3.05, 3.63) is 64.0 Å². The van der Waals surface area contributed by atoms with Gasteiger partial charge < -0.3 is 19.6 Å². The number of aryl methyl sites for hydroxylation is 1. The molecule has 1 aliphatic rings. The van der Waals surface area contributed by atoms with Gasteiger partial charge in [0.2, 0.25) is 0 Å². The zero-order chi connectivity index (χ0) is 21.0. The molecule has 29 heavy (non-hydrogen) atoms. The van der Waals surface area contributed by atoms with Gasteiger partial charge in [-0.05, 0) is 68.1 Å². The van der Waals surface area contributed by atoms with Gasteiger partial charge in [0.25, 0.3) is 0 Å². The number of ether oxygens (including phenoxy) is 2. The molecular weight excluding hydrogens is 369 g/mol. The first-order valence-corrected chi connectivity index (χ1v) is 10.1. The van der Waals surface area contributed by atoms with E-state index in [1.54, 1.807) is 25.3 Å². The Kier molecular flexibility index (Phi) is 7.04. The van der Waals surface area contributed by atoms with Crippen molar-refractivity contribution in [3.8, 4) is 5.75 Å². The molecule has 0 radical (unpaired) electrons. The van der Waals surface area contributed by atoms with Crippen LogP contribution in [0.1, 0.15) is 40.3 Å². The Bertz CT molecular complexity index is 867. The summed E-state index contributed by atoms with van der Waals surface area (Å²) in [5.74, 6) is 0.470. The minimum Gasteiger partial charge on any atom is -0.489 e. The van der Waals surface area contributed by atoms with E-state index in [0.717, 1.165) is 41.6 Å². The zero-order valence-electron chi connectivity index (χ0n) is 17.6. The summed E-state index contributed by atoms with van der Waals surface area (Å²) >= 11 is 0. The van der Waals surface area contributed by atoms with Gasteiger partial charge in [-0.2, -0.15) is 0 Å². The molecule has 0 bridgehead atoms. The molecule has 0 fully saturated rings. The molecule has 0 spiro atoms. The van der Waals surface area contributed by atoms with Crippen LogP contribution in [0.25, 0.3) is 0 Å². The van der Waals surface area contributed by atoms with E-state index in [1.165, 1.54) is 11.6 Å². The molecule has 1 aliphatic carbocycles. The van der Waals surface area contributed by atoms with Gasteiger partial charge in [0, 0.05) is 31.1 Å². The molecule has 0 aromatic heterocycles. The predicted octanol–water partition coefficient (Wildman–Crippen LogP) is 4.31. The second-order valence-corrected chi connectivity index (χ2v) is 7.81. The summed E-state index contributed by atoms with van der Waals surface area (Å²) in [6.45, 7) is 4.90. The van der Waals surface area contributed by atoms with Crippen LogP contribution in [0, 0.1) is 31.5 Å². The average Bonchev–Trinajstić information content (AvgIpc) is 2.73. The first kappa shape index (κ1) is 21.5. The number of methoxy groups -OCH3 is 1. The fraction of sp³-hybridized carbons (Fsp3) is 0.458. The van der Waals surface area contributed by atoms with Gasteiger partial charge in [0.15, 0.2) is 0 Å². The number of hydrogen-bond donors (Lipinski definition) is 1. The molecule has 3 atom stereocenters. The zero-order valence-corrected chi connectivity index (χ0v) is 17.6. The van der Waals surface area contributed by atoms with E-state index in [1.807, 2.05) is 20.0 Å². The molecule has 2 aromatic rings. The van der Waals surface area contributed by atoms with Gasteiger partial charge in [-0.1, -0.05) is 18.2 Å². The molecule has 4 nitrogen and oxygen atoms in total. The summed E-state index contributed by atoms with van der Waals surface area (Å²) in [6.07, 6.45) is 2.69. The van der Waals surface area contributed by atoms with Crippen LogP contribution in [0.2, 0.25) is 0 Å². The first-order chi connectivity index (χ1) is 14.0. The Morgan fingerprint density at radius 1 is 1.31 bits per heavy atom. The Labute approximate surface area is 172 Å². The highest BCUT2D eigenvalue weighted by Crippen LogP contribution is 2.45. The van der Waals surface area contributed by atoms with Crippen molar-refractivity contribution in [2.75, 3.05) is 20.7 Å². The lowest BCUT2D eigenvalue weighted by atomic mass is 9.72. The molecule has 2 aromatic carbocycles. The summed E-state index contributed by atoms with van der Waals surface area (Å²) in [7, 11) is 3.56. The lowest BCUT2D eigenvalue weighted by molar-refractivity contribution is -0.115. The topological polar surface area (TPSA) is 47.6 Å². The van der Waals surface area contributed by atoms with Crippen LogP contribution in [0.3, 0.4) is 0 Å². The van der Waals surface area contributed by atoms with Crippen molar-refractivity contribution in [2.45, 2.75) is 39.4 Å². The maximum absolute atomic E-state index is 14.0. The fourth-order valence-electron chi connectivity index (χ4n) is 4.55. The number of rotatable bonds is 8. The summed E-state index contributed by atoms with van der Waals surface area (Å²) in [5.41, 5.74) is 5.07. The molecule has 1 N–H and O–H groups in total. The number of halogens is 1. The molecule has 3 rings (SSSR count). The number of aldehydes is 1. The molecule has 0 saturated carbocycles. The summed E-state index contributed by atoms with van der Waals surface area (Å²) < 4.78 is 25.9. The monoisotopic (exact) mass is 399 g/mol. The maximum Gasteiger partial charge on any atom is 0.129 e. The van der Waals surface area contributed by atoms with Crippen LogP contribution in [-0.2, 0) is 22.6 Å². The van der Waals surface area contributed by atoms with E-state index in [0.29, 0.717) is 12.1 Å². The van der Waals surface area contributed by atoms with E-state index in [4.69, 9.17) is 9.47 Å². The van der Waals surface area contributed by atoms with E-state index >= 15 is 0 Å². The SMILES string of the molecule is CNCC(C=O)C1CCc2c(C)cc(OCc3ccccc3F)c(C)c2[C@@H]1OC. The molecule has 5 heteroatoms. The average molecular weight is 400 g/mol. The summed E-state index contributed by atoms with van der Waals surface area (Å²) in [5, 5.41) is 3.12. The lowest BCUT2D eigenvalue weighted by Crippen LogP contribution is -2.35. The van der Waals surface area contributed by atoms with Crippen molar-refractivity contribution in [2.24, 2.45) is 11.8 Å². The molecule has 2 unspecified atom stereocenters. The Morgan fingerprint density at radius 3 is 2.72 bits per heavy atom. The summed E-state index contributed by atoms with van der Waals surface area (Å²) in [4.78, 5) is 11.7. The van der Waals surface area contributed by atoms with E-state index < -0.39 is 0 Å². The highest BCUT2D eigenvalue weighted by atomic mass is 19.1. The van der Waals surface area contributed by atoms with Crippen molar-refractivity contribution < 1.29 is 18.7 Å². The molecule has 0 amide bonds. The Balaban J connectivity index is 1.95. The van der Waals surface area contributed by atoms with E-state index in [2.05, 4.69) is 12.2 Å². The van der Waals surface area contributed by atoms with E-state index in [9.17, 15) is 9.18 Å². The van der Waals surface area contributed by atoms with Crippen LogP contribution in [0.4, 0.5) is 4.39 Å². The van der Waals surface area contributed by atoms with E-state index in [-0.39, 0.29) is 30.4 Å². The Morgan fingerprint density at radius 2 is 2.07 bits per heavy atom. The van der Waals surface area contributed by atoms with Crippen LogP contribution >= 0.6 is 0 Å². The number of carbonyl (C=O) groups is 1. The van der Waals surface area contributed by atoms with Crippen molar-refractivity contribution >= 4 is 6.29 Å². The molecule has 0 saturated heterocycles. The van der Waals surface area contributed by atoms with Crippen molar-refractivity contribution in [1.82, 2.24) is 5.32 Å². The number of hydrogen-bond acceptors (Lipinski definition) is 4. The highest BCUT2D eigenvalue weighted by molar-refractivity contribution is 5.57. The standard InChI is InChI=1S/C24H30FNO3/c1-15-11-22(29-14-17-7-5-6-8-21(17)25)16(2)23-19(15)9-10-20(24(23)28-4)18(13-27)12-26-3/h5-8,11,13,18,20,24,26H,9-10,12,14H2,1-4H3/t18?,20?,24-/m1/s1. The quantitative estimate of drug-likeness (QED) is 0.672. The van der Waals surface area contributed by atoms with Gasteiger partial charge in [-0.3, -0.25) is 0 Å². The van der Waals surface area contributed by atoms with Crippen LogP contribution in [0.15, 0.2) is 30.3 Å². The third-order valence-electron chi connectivity index (χ3n) is 6.08. The predicted molar refractivity (Wildman–Crippen MR) is 112 cm³/mol. The van der Waals surface area contributed by atoms with Crippen LogP contribution in [-0.4, -0.2) is 27.0 Å². The first-order valence-electron chi connectivity index (χ1n) is 10.1. The third kappa shape index (κ3) is 4.36. The van der Waals surface area contributed by atoms with Crippen LogP contribution < -0.4 is 10.1 Å². The normalized spacial score (nSPS) is 19.5. The second kappa shape index (κ2) is 9.51. The van der Waals surface area contributed by atoms with Crippen LogP contribution in [0.5, 0.6) is 5.75 Å². The van der Waals surface area contributed by atoms with Gasteiger partial charge in [0.1, 0.15) is 24.5 Å². The van der Waals surface area contributed by atoms with Gasteiger partial charge >= 0.3 is 0 Å². The molecule has 0 aliphatic heterocycles. The Hall–Kier alpha value is -2.24. The smallest absolute Gasteiger partial charge is 0.129 e. The lowest BCUT2D eigenvalue weighted by Gasteiger charge is -2.38. The molecule has 156 valence electrons. The number of nitrogens with one attached hydrogen (secondary N) is 1. The van der Waals surface area contributed by atoms with Gasteiger partial charge in [0.05, 0.1) is 6.10 Å². The van der Waals surface area contributed by atoms with Crippen molar-refractivity contribution in [3.63, 3.8) is 0 Å². The summed E-state index contributed by atoms with van der Waals surface area (Å²) in [6, 6.07) is 8.68. The number of fused-ring (bicyclic) bond motifs is 1. The largest absolute Gasteiger partial charge is 0.489 e. The minimum absolute atomic E-state index is 0.109. The maximum atomic E-state index is 14.0. The number of benzene rings is 2. The molecular formula is C24H30FNO3. The third-order valence-corrected chi connectivity index (χ3v) is 6.08. The van der Waals surface area contributed by atoms with Gasteiger partial charge in [-0.15, -0.1) is 0 Å². The highest BCUT2D eigenvalue weighted by Gasteiger charge is 2.37. The fourth-order valence-corrected chi connectivity index (χ4v) is 4.55. The minimum atomic E-state index is -0.268. The molecule has 0 heterocycles. The number of carbonyl (C=O) groups excluding carboxylic acids is 1. The van der Waals surface area contributed by atoms with Gasteiger partial charge in [-0.25, -0.2) is 4.39 Å².